The molecule has 2 nitrogen and oxygen atoms in total. The van der Waals surface area contributed by atoms with Crippen molar-refractivity contribution < 1.29 is 13.5 Å². The molecule has 0 aliphatic carbocycles. The van der Waals surface area contributed by atoms with Crippen LogP contribution in [0.3, 0.4) is 0 Å². The zero-order valence-electron chi connectivity index (χ0n) is 8.42. The van der Waals surface area contributed by atoms with E-state index in [0.29, 0.717) is 0 Å². The molecule has 0 saturated heterocycles. The third kappa shape index (κ3) is 2.94. The first-order valence-electron chi connectivity index (χ1n) is 4.31. The van der Waals surface area contributed by atoms with Crippen molar-refractivity contribution in [3.63, 3.8) is 0 Å². The van der Waals surface area contributed by atoms with Gasteiger partial charge >= 0.3 is 6.61 Å². The summed E-state index contributed by atoms with van der Waals surface area (Å²) in [4.78, 5) is 3.78. The molecule has 0 aliphatic rings. The zero-order valence-corrected chi connectivity index (χ0v) is 8.42. The fourth-order valence-corrected chi connectivity index (χ4v) is 0.985. The maximum absolute atomic E-state index is 11.8. The van der Waals surface area contributed by atoms with Crippen molar-refractivity contribution in [2.75, 3.05) is 0 Å². The number of ether oxygens (including phenoxy) is 1. The lowest BCUT2D eigenvalue weighted by molar-refractivity contribution is -0.0528. The van der Waals surface area contributed by atoms with E-state index in [1.54, 1.807) is 12.3 Å². The minimum Gasteiger partial charge on any atom is -0.417 e. The lowest BCUT2D eigenvalue weighted by Crippen LogP contribution is -2.12. The highest BCUT2D eigenvalue weighted by Gasteiger charge is 2.14. The Morgan fingerprint density at radius 2 is 1.93 bits per heavy atom. The number of hydrogen-bond acceptors (Lipinski definition) is 2. The molecule has 0 radical (unpaired) electrons. The lowest BCUT2D eigenvalue weighted by atomic mass is 9.88. The molecule has 14 heavy (non-hydrogen) atoms. The van der Waals surface area contributed by atoms with Gasteiger partial charge in [-0.2, -0.15) is 8.78 Å². The van der Waals surface area contributed by atoms with Crippen LogP contribution in [0.2, 0.25) is 0 Å². The smallest absolute Gasteiger partial charge is 0.388 e. The van der Waals surface area contributed by atoms with Crippen molar-refractivity contribution in [3.05, 3.63) is 23.9 Å². The molecule has 0 amide bonds. The molecule has 78 valence electrons. The molecule has 0 saturated carbocycles. The molecule has 1 rings (SSSR count). The quantitative estimate of drug-likeness (QED) is 0.733. The second kappa shape index (κ2) is 3.90. The van der Waals surface area contributed by atoms with Gasteiger partial charge in [0.25, 0.3) is 0 Å². The van der Waals surface area contributed by atoms with Gasteiger partial charge in [-0.3, -0.25) is 0 Å². The van der Waals surface area contributed by atoms with Crippen LogP contribution < -0.4 is 4.74 Å². The first kappa shape index (κ1) is 10.9. The van der Waals surface area contributed by atoms with Crippen molar-refractivity contribution in [1.82, 2.24) is 4.98 Å². The topological polar surface area (TPSA) is 22.1 Å². The number of pyridine rings is 1. The minimum atomic E-state index is -2.82. The highest BCUT2D eigenvalue weighted by molar-refractivity contribution is 5.23. The second-order valence-electron chi connectivity index (χ2n) is 4.01. The average Bonchev–Trinajstić information content (AvgIpc) is 2.02. The summed E-state index contributed by atoms with van der Waals surface area (Å²) in [6.45, 7) is 3.26. The van der Waals surface area contributed by atoms with E-state index in [4.69, 9.17) is 0 Å². The first-order valence-corrected chi connectivity index (χ1v) is 4.31. The Morgan fingerprint density at radius 3 is 2.29 bits per heavy atom. The van der Waals surface area contributed by atoms with Crippen LogP contribution in [0.15, 0.2) is 18.3 Å². The SMILES string of the molecule is CC(C)(C)c1ccc(OC(F)F)nc1. The normalized spacial score (nSPS) is 11.9. The highest BCUT2D eigenvalue weighted by Crippen LogP contribution is 2.22. The molecule has 4 heteroatoms. The maximum atomic E-state index is 11.8. The van der Waals surface area contributed by atoms with Crippen LogP contribution in [0.25, 0.3) is 0 Å². The maximum Gasteiger partial charge on any atom is 0.388 e. The standard InChI is InChI=1S/C10H13F2NO/c1-10(2,3)7-4-5-8(13-6-7)14-9(11)12/h4-6,9H,1-3H3. The van der Waals surface area contributed by atoms with Crippen LogP contribution in [0.1, 0.15) is 26.3 Å². The van der Waals surface area contributed by atoms with E-state index in [9.17, 15) is 8.78 Å². The molecule has 0 N–H and O–H groups in total. The van der Waals surface area contributed by atoms with Gasteiger partial charge in [0.2, 0.25) is 5.88 Å². The summed E-state index contributed by atoms with van der Waals surface area (Å²) < 4.78 is 27.7. The predicted molar refractivity (Wildman–Crippen MR) is 49.6 cm³/mol. The van der Waals surface area contributed by atoms with Crippen LogP contribution >= 0.6 is 0 Å². The molecule has 0 aliphatic heterocycles. The summed E-state index contributed by atoms with van der Waals surface area (Å²) in [5, 5.41) is 0. The number of halogens is 2. The summed E-state index contributed by atoms with van der Waals surface area (Å²) in [5.41, 5.74) is 0.954. The van der Waals surface area contributed by atoms with Crippen molar-refractivity contribution in [2.45, 2.75) is 32.8 Å². The predicted octanol–water partition coefficient (Wildman–Crippen LogP) is 2.98. The van der Waals surface area contributed by atoms with E-state index in [1.165, 1.54) is 6.07 Å². The van der Waals surface area contributed by atoms with Crippen LogP contribution in [0.5, 0.6) is 5.88 Å². The van der Waals surface area contributed by atoms with E-state index in [2.05, 4.69) is 9.72 Å². The van der Waals surface area contributed by atoms with E-state index in [1.807, 2.05) is 20.8 Å². The van der Waals surface area contributed by atoms with Gasteiger partial charge in [0.1, 0.15) is 0 Å². The van der Waals surface area contributed by atoms with E-state index < -0.39 is 6.61 Å². The van der Waals surface area contributed by atoms with Crippen molar-refractivity contribution >= 4 is 0 Å². The fourth-order valence-electron chi connectivity index (χ4n) is 0.985. The first-order chi connectivity index (χ1) is 6.39. The van der Waals surface area contributed by atoms with Crippen LogP contribution in [-0.2, 0) is 5.41 Å². The van der Waals surface area contributed by atoms with Crippen molar-refractivity contribution in [2.24, 2.45) is 0 Å². The van der Waals surface area contributed by atoms with E-state index >= 15 is 0 Å². The van der Waals surface area contributed by atoms with Gasteiger partial charge in [-0.15, -0.1) is 0 Å². The summed E-state index contributed by atoms with van der Waals surface area (Å²) in [6.07, 6.45) is 1.55. The largest absolute Gasteiger partial charge is 0.417 e. The number of hydrogen-bond donors (Lipinski definition) is 0. The van der Waals surface area contributed by atoms with Gasteiger partial charge in [-0.1, -0.05) is 26.8 Å². The molecule has 1 aromatic heterocycles. The molecular weight excluding hydrogens is 188 g/mol. The van der Waals surface area contributed by atoms with E-state index in [0.717, 1.165) is 5.56 Å². The van der Waals surface area contributed by atoms with Gasteiger partial charge in [-0.05, 0) is 11.0 Å². The van der Waals surface area contributed by atoms with E-state index in [-0.39, 0.29) is 11.3 Å². The van der Waals surface area contributed by atoms with Crippen LogP contribution in [0.4, 0.5) is 8.78 Å². The third-order valence-electron chi connectivity index (χ3n) is 1.81. The number of rotatable bonds is 2. The second-order valence-corrected chi connectivity index (χ2v) is 4.01. The van der Waals surface area contributed by atoms with Gasteiger partial charge in [-0.25, -0.2) is 4.98 Å². The zero-order chi connectivity index (χ0) is 10.8. The Balaban J connectivity index is 2.79. The Hall–Kier alpha value is -1.19. The van der Waals surface area contributed by atoms with Crippen LogP contribution in [0, 0.1) is 0 Å². The number of alkyl halides is 2. The molecule has 0 atom stereocenters. The van der Waals surface area contributed by atoms with Gasteiger partial charge in [0, 0.05) is 12.3 Å². The minimum absolute atomic E-state index is 0.0314. The Labute approximate surface area is 81.9 Å². The molecule has 0 unspecified atom stereocenters. The Morgan fingerprint density at radius 1 is 1.29 bits per heavy atom. The Kier molecular flexibility index (Phi) is 3.03. The molecule has 0 aromatic carbocycles. The monoisotopic (exact) mass is 201 g/mol. The van der Waals surface area contributed by atoms with Gasteiger partial charge in [0.15, 0.2) is 0 Å². The molecule has 0 spiro atoms. The highest BCUT2D eigenvalue weighted by atomic mass is 19.3. The molecule has 1 heterocycles. The summed E-state index contributed by atoms with van der Waals surface area (Å²) in [7, 11) is 0. The average molecular weight is 201 g/mol. The summed E-state index contributed by atoms with van der Waals surface area (Å²) in [5.74, 6) is -0.0481. The fraction of sp³-hybridized carbons (Fsp3) is 0.500. The number of nitrogens with zero attached hydrogens (tertiary/aromatic N) is 1. The van der Waals surface area contributed by atoms with Crippen molar-refractivity contribution in [1.29, 1.82) is 0 Å². The lowest BCUT2D eigenvalue weighted by Gasteiger charge is -2.18. The molecule has 0 fully saturated rings. The molecular formula is C10H13F2NO. The summed E-state index contributed by atoms with van der Waals surface area (Å²) in [6, 6.07) is 3.19. The van der Waals surface area contributed by atoms with Crippen LogP contribution in [-0.4, -0.2) is 11.6 Å². The molecule has 0 bridgehead atoms. The van der Waals surface area contributed by atoms with Gasteiger partial charge < -0.3 is 4.74 Å². The molecule has 1 aromatic rings. The number of aromatic nitrogens is 1. The third-order valence-corrected chi connectivity index (χ3v) is 1.81. The van der Waals surface area contributed by atoms with Gasteiger partial charge in [0.05, 0.1) is 0 Å². The van der Waals surface area contributed by atoms with Crippen molar-refractivity contribution in [3.8, 4) is 5.88 Å². The Bertz CT molecular complexity index is 290. The summed E-state index contributed by atoms with van der Waals surface area (Å²) >= 11 is 0.